The first-order chi connectivity index (χ1) is 9.29. The number of carbonyl (C=O) groups excluding carboxylic acids is 2. The molecule has 0 atom stereocenters. The third kappa shape index (κ3) is 9.86. The molecule has 0 N–H and O–H groups in total. The van der Waals surface area contributed by atoms with Crippen LogP contribution in [-0.4, -0.2) is 11.6 Å². The van der Waals surface area contributed by atoms with Crippen molar-refractivity contribution in [2.24, 2.45) is 0 Å². The molecule has 1 saturated carbocycles. The second-order valence-corrected chi connectivity index (χ2v) is 5.97. The summed E-state index contributed by atoms with van der Waals surface area (Å²) in [5.41, 5.74) is 0. The molecular formula is C17H30O2. The quantitative estimate of drug-likeness (QED) is 0.619. The summed E-state index contributed by atoms with van der Waals surface area (Å²) in [7, 11) is 0. The first kappa shape index (κ1) is 16.4. The van der Waals surface area contributed by atoms with Gasteiger partial charge >= 0.3 is 0 Å². The van der Waals surface area contributed by atoms with Gasteiger partial charge in [-0.2, -0.15) is 0 Å². The van der Waals surface area contributed by atoms with Crippen molar-refractivity contribution in [3.8, 4) is 0 Å². The van der Waals surface area contributed by atoms with Crippen molar-refractivity contribution in [3.63, 3.8) is 0 Å². The zero-order valence-corrected chi connectivity index (χ0v) is 12.4. The molecule has 110 valence electrons. The van der Waals surface area contributed by atoms with Crippen LogP contribution in [0.4, 0.5) is 0 Å². The van der Waals surface area contributed by atoms with Crippen molar-refractivity contribution in [2.75, 3.05) is 0 Å². The SMILES string of the molecule is O=C1CCCCCCCCC(=O)CCCCCCC1. The molecule has 19 heavy (non-hydrogen) atoms. The molecule has 1 aliphatic carbocycles. The topological polar surface area (TPSA) is 34.1 Å². The molecule has 1 aliphatic rings. The molecule has 0 amide bonds. The molecule has 0 aromatic rings. The van der Waals surface area contributed by atoms with E-state index in [4.69, 9.17) is 0 Å². The van der Waals surface area contributed by atoms with Crippen LogP contribution in [0, 0.1) is 0 Å². The van der Waals surface area contributed by atoms with Gasteiger partial charge in [-0.3, -0.25) is 9.59 Å². The molecule has 2 heteroatoms. The van der Waals surface area contributed by atoms with Gasteiger partial charge in [-0.25, -0.2) is 0 Å². The van der Waals surface area contributed by atoms with Crippen LogP contribution in [0.25, 0.3) is 0 Å². The molecule has 2 nitrogen and oxygen atoms in total. The van der Waals surface area contributed by atoms with Crippen molar-refractivity contribution in [2.45, 2.75) is 96.3 Å². The Labute approximate surface area is 118 Å². The van der Waals surface area contributed by atoms with Crippen LogP contribution in [-0.2, 0) is 9.59 Å². The second-order valence-electron chi connectivity index (χ2n) is 5.97. The van der Waals surface area contributed by atoms with Gasteiger partial charge < -0.3 is 0 Å². The lowest BCUT2D eigenvalue weighted by Gasteiger charge is -2.02. The Kier molecular flexibility index (Phi) is 9.66. The van der Waals surface area contributed by atoms with E-state index in [1.807, 2.05) is 0 Å². The molecule has 1 rings (SSSR count). The summed E-state index contributed by atoms with van der Waals surface area (Å²) in [4.78, 5) is 23.3. The lowest BCUT2D eigenvalue weighted by molar-refractivity contribution is -0.120. The third-order valence-electron chi connectivity index (χ3n) is 4.07. The number of ketones is 2. The fourth-order valence-electron chi connectivity index (χ4n) is 2.78. The van der Waals surface area contributed by atoms with E-state index >= 15 is 0 Å². The van der Waals surface area contributed by atoms with Gasteiger partial charge in [0.25, 0.3) is 0 Å². The van der Waals surface area contributed by atoms with Crippen LogP contribution in [0.15, 0.2) is 0 Å². The summed E-state index contributed by atoms with van der Waals surface area (Å²) in [6.45, 7) is 0. The van der Waals surface area contributed by atoms with E-state index in [1.165, 1.54) is 32.1 Å². The highest BCUT2D eigenvalue weighted by Crippen LogP contribution is 2.14. The van der Waals surface area contributed by atoms with Crippen LogP contribution in [0.3, 0.4) is 0 Å². The zero-order chi connectivity index (χ0) is 13.8. The second kappa shape index (κ2) is 11.2. The predicted octanol–water partition coefficient (Wildman–Crippen LogP) is 4.99. The average Bonchev–Trinajstić information content (AvgIpc) is 2.40. The van der Waals surface area contributed by atoms with Crippen molar-refractivity contribution < 1.29 is 9.59 Å². The molecule has 0 heterocycles. The first-order valence-electron chi connectivity index (χ1n) is 8.32. The molecule has 0 radical (unpaired) electrons. The maximum atomic E-state index is 11.6. The van der Waals surface area contributed by atoms with Gasteiger partial charge in [0.1, 0.15) is 11.6 Å². The fraction of sp³-hybridized carbons (Fsp3) is 0.882. The van der Waals surface area contributed by atoms with E-state index < -0.39 is 0 Å². The van der Waals surface area contributed by atoms with Crippen LogP contribution in [0.5, 0.6) is 0 Å². The lowest BCUT2D eigenvalue weighted by Crippen LogP contribution is -1.98. The highest BCUT2D eigenvalue weighted by molar-refractivity contribution is 5.78. The maximum absolute atomic E-state index is 11.6. The van der Waals surface area contributed by atoms with E-state index in [0.717, 1.165) is 64.2 Å². The third-order valence-corrected chi connectivity index (χ3v) is 4.07. The number of Topliss-reactive ketones (excluding diaryl/α,β-unsaturated/α-hetero) is 2. The summed E-state index contributed by atoms with van der Waals surface area (Å²) in [6, 6.07) is 0. The zero-order valence-electron chi connectivity index (χ0n) is 12.4. The molecule has 0 aliphatic heterocycles. The van der Waals surface area contributed by atoms with E-state index in [2.05, 4.69) is 0 Å². The Hall–Kier alpha value is -0.660. The monoisotopic (exact) mass is 266 g/mol. The Morgan fingerprint density at radius 3 is 0.842 bits per heavy atom. The van der Waals surface area contributed by atoms with Gasteiger partial charge in [-0.1, -0.05) is 44.9 Å². The molecule has 0 spiro atoms. The summed E-state index contributed by atoms with van der Waals surface area (Å²) in [5, 5.41) is 0. The Balaban J connectivity index is 2.21. The van der Waals surface area contributed by atoms with Crippen LogP contribution in [0.2, 0.25) is 0 Å². The van der Waals surface area contributed by atoms with Crippen LogP contribution in [0.1, 0.15) is 96.3 Å². The van der Waals surface area contributed by atoms with E-state index in [9.17, 15) is 9.59 Å². The molecule has 0 aromatic heterocycles. The highest BCUT2D eigenvalue weighted by atomic mass is 16.1. The van der Waals surface area contributed by atoms with Gasteiger partial charge in [0.15, 0.2) is 0 Å². The van der Waals surface area contributed by atoms with Crippen LogP contribution < -0.4 is 0 Å². The predicted molar refractivity (Wildman–Crippen MR) is 79.3 cm³/mol. The molecule has 0 saturated heterocycles. The number of hydrogen-bond donors (Lipinski definition) is 0. The maximum Gasteiger partial charge on any atom is 0.132 e. The first-order valence-corrected chi connectivity index (χ1v) is 8.32. The van der Waals surface area contributed by atoms with Gasteiger partial charge in [0.2, 0.25) is 0 Å². The average molecular weight is 266 g/mol. The summed E-state index contributed by atoms with van der Waals surface area (Å²) < 4.78 is 0. The highest BCUT2D eigenvalue weighted by Gasteiger charge is 2.04. The summed E-state index contributed by atoms with van der Waals surface area (Å²) in [5.74, 6) is 0.916. The Bertz CT molecular complexity index is 232. The summed E-state index contributed by atoms with van der Waals surface area (Å²) in [6.07, 6.45) is 15.7. The minimum atomic E-state index is 0.458. The molecule has 0 aromatic carbocycles. The molecule has 1 fully saturated rings. The Morgan fingerprint density at radius 1 is 0.368 bits per heavy atom. The smallest absolute Gasteiger partial charge is 0.132 e. The standard InChI is InChI=1S/C17H30O2/c18-16-12-8-4-1-2-5-9-13-17(19)15-11-7-3-6-10-14-16/h1-15H2. The minimum absolute atomic E-state index is 0.458. The van der Waals surface area contributed by atoms with Crippen LogP contribution >= 0.6 is 0 Å². The van der Waals surface area contributed by atoms with E-state index in [1.54, 1.807) is 0 Å². The number of hydrogen-bond acceptors (Lipinski definition) is 2. The largest absolute Gasteiger partial charge is 0.300 e. The molecule has 0 unspecified atom stereocenters. The van der Waals surface area contributed by atoms with Gasteiger partial charge in [-0.05, 0) is 25.7 Å². The van der Waals surface area contributed by atoms with Crippen molar-refractivity contribution in [1.82, 2.24) is 0 Å². The molecule has 0 bridgehead atoms. The van der Waals surface area contributed by atoms with Gasteiger partial charge in [0, 0.05) is 25.7 Å². The van der Waals surface area contributed by atoms with E-state index in [0.29, 0.717) is 11.6 Å². The lowest BCUT2D eigenvalue weighted by atomic mass is 10.0. The number of carbonyl (C=O) groups is 2. The normalized spacial score (nSPS) is 22.9. The van der Waals surface area contributed by atoms with Crippen molar-refractivity contribution in [1.29, 1.82) is 0 Å². The van der Waals surface area contributed by atoms with Gasteiger partial charge in [-0.15, -0.1) is 0 Å². The van der Waals surface area contributed by atoms with E-state index in [-0.39, 0.29) is 0 Å². The molecular weight excluding hydrogens is 236 g/mol. The minimum Gasteiger partial charge on any atom is -0.300 e. The number of rotatable bonds is 0. The van der Waals surface area contributed by atoms with Crippen molar-refractivity contribution >= 4 is 11.6 Å². The summed E-state index contributed by atoms with van der Waals surface area (Å²) >= 11 is 0. The van der Waals surface area contributed by atoms with Crippen molar-refractivity contribution in [3.05, 3.63) is 0 Å². The van der Waals surface area contributed by atoms with Gasteiger partial charge in [0.05, 0.1) is 0 Å². The Morgan fingerprint density at radius 2 is 0.579 bits per heavy atom. The fourth-order valence-corrected chi connectivity index (χ4v) is 2.78.